The number of rotatable bonds is 3. The maximum absolute atomic E-state index is 13.4. The van der Waals surface area contributed by atoms with Gasteiger partial charge in [-0.1, -0.05) is 42.5 Å². The maximum Gasteiger partial charge on any atom is 0.416 e. The smallest absolute Gasteiger partial charge is 0.287 e. The minimum atomic E-state index is -4.53. The van der Waals surface area contributed by atoms with E-state index in [0.717, 1.165) is 12.1 Å². The van der Waals surface area contributed by atoms with E-state index in [-0.39, 0.29) is 28.4 Å². The first-order valence-corrected chi connectivity index (χ1v) is 10.7. The molecule has 5 nitrogen and oxygen atoms in total. The lowest BCUT2D eigenvalue weighted by molar-refractivity contribution is -0.137. The van der Waals surface area contributed by atoms with Crippen LogP contribution in [0.1, 0.15) is 16.7 Å². The van der Waals surface area contributed by atoms with Crippen LogP contribution in [0.5, 0.6) is 0 Å². The van der Waals surface area contributed by atoms with Gasteiger partial charge in [0.25, 0.3) is 10.0 Å². The van der Waals surface area contributed by atoms with Gasteiger partial charge in [-0.25, -0.2) is 13.2 Å². The van der Waals surface area contributed by atoms with Crippen molar-refractivity contribution in [1.29, 1.82) is 0 Å². The third-order valence-corrected chi connectivity index (χ3v) is 6.74. The van der Waals surface area contributed by atoms with Crippen molar-refractivity contribution >= 4 is 27.4 Å². The summed E-state index contributed by atoms with van der Waals surface area (Å²) in [6.07, 6.45) is -4.53. The molecule has 31 heavy (non-hydrogen) atoms. The Morgan fingerprint density at radius 3 is 2.19 bits per heavy atom. The topological polar surface area (TPSA) is 57.7 Å². The average molecular weight is 446 g/mol. The molecular formula is C22H17F3N2O3S. The zero-order valence-electron chi connectivity index (χ0n) is 16.3. The SMILES string of the molecule is Cc1ccccc1N1C(=O)N(Cc2cccc(C(F)(F)F)c2)c2ccccc2S1(=O)=O. The number of carbonyl (C=O) groups is 1. The van der Waals surface area contributed by atoms with Crippen LogP contribution in [0.15, 0.2) is 77.7 Å². The summed E-state index contributed by atoms with van der Waals surface area (Å²) < 4.78 is 66.6. The van der Waals surface area contributed by atoms with E-state index >= 15 is 0 Å². The predicted molar refractivity (Wildman–Crippen MR) is 110 cm³/mol. The molecule has 0 N–H and O–H groups in total. The van der Waals surface area contributed by atoms with Gasteiger partial charge in [0.1, 0.15) is 4.90 Å². The molecule has 3 aromatic rings. The number of hydrogen-bond acceptors (Lipinski definition) is 3. The van der Waals surface area contributed by atoms with Crippen molar-refractivity contribution < 1.29 is 26.4 Å². The van der Waals surface area contributed by atoms with Crippen molar-refractivity contribution in [3.05, 3.63) is 89.5 Å². The lowest BCUT2D eigenvalue weighted by Gasteiger charge is -2.36. The molecule has 4 rings (SSSR count). The first kappa shape index (κ1) is 20.9. The first-order chi connectivity index (χ1) is 14.6. The molecule has 0 saturated carbocycles. The third kappa shape index (κ3) is 3.65. The molecule has 0 bridgehead atoms. The summed E-state index contributed by atoms with van der Waals surface area (Å²) in [4.78, 5) is 14.5. The van der Waals surface area contributed by atoms with Crippen molar-refractivity contribution in [1.82, 2.24) is 0 Å². The average Bonchev–Trinajstić information content (AvgIpc) is 2.72. The minimum absolute atomic E-state index is 0.0928. The van der Waals surface area contributed by atoms with Crippen LogP contribution in [-0.2, 0) is 22.7 Å². The molecule has 0 aromatic heterocycles. The summed E-state index contributed by atoms with van der Waals surface area (Å²) in [5, 5.41) is 0. The van der Waals surface area contributed by atoms with Gasteiger partial charge in [-0.05, 0) is 48.4 Å². The van der Waals surface area contributed by atoms with E-state index in [1.807, 2.05) is 0 Å². The van der Waals surface area contributed by atoms with Crippen LogP contribution in [0.3, 0.4) is 0 Å². The number of halogens is 3. The van der Waals surface area contributed by atoms with Crippen molar-refractivity contribution in [2.75, 3.05) is 9.21 Å². The van der Waals surface area contributed by atoms with Crippen LogP contribution in [-0.4, -0.2) is 14.4 Å². The first-order valence-electron chi connectivity index (χ1n) is 9.28. The lowest BCUT2D eigenvalue weighted by Crippen LogP contribution is -2.51. The molecule has 1 aliphatic heterocycles. The summed E-state index contributed by atoms with van der Waals surface area (Å²) >= 11 is 0. The van der Waals surface area contributed by atoms with Crippen LogP contribution in [0.25, 0.3) is 0 Å². The molecule has 160 valence electrons. The molecule has 0 fully saturated rings. The number of anilines is 2. The van der Waals surface area contributed by atoms with Gasteiger partial charge in [0.05, 0.1) is 23.5 Å². The quantitative estimate of drug-likeness (QED) is 0.545. The summed E-state index contributed by atoms with van der Waals surface area (Å²) in [5.74, 6) is 0. The number of fused-ring (bicyclic) bond motifs is 1. The molecule has 3 aromatic carbocycles. The van der Waals surface area contributed by atoms with Gasteiger partial charge in [0, 0.05) is 0 Å². The van der Waals surface area contributed by atoms with Crippen molar-refractivity contribution in [3.63, 3.8) is 0 Å². The Balaban J connectivity index is 1.85. The summed E-state index contributed by atoms with van der Waals surface area (Å²) in [5.41, 5.74) is 0.261. The van der Waals surface area contributed by atoms with Gasteiger partial charge in [-0.2, -0.15) is 17.5 Å². The highest BCUT2D eigenvalue weighted by molar-refractivity contribution is 7.94. The fourth-order valence-corrected chi connectivity index (χ4v) is 5.18. The molecule has 0 radical (unpaired) electrons. The predicted octanol–water partition coefficient (Wildman–Crippen LogP) is 5.35. The number of amides is 2. The number of alkyl halides is 3. The fourth-order valence-electron chi connectivity index (χ4n) is 3.52. The molecular weight excluding hydrogens is 429 g/mol. The highest BCUT2D eigenvalue weighted by atomic mass is 32.2. The number of carbonyl (C=O) groups excluding carboxylic acids is 1. The van der Waals surface area contributed by atoms with E-state index in [4.69, 9.17) is 0 Å². The second-order valence-corrected chi connectivity index (χ2v) is 8.85. The minimum Gasteiger partial charge on any atom is -0.287 e. The maximum atomic E-state index is 13.4. The second kappa shape index (κ2) is 7.42. The normalized spacial score (nSPS) is 15.7. The summed E-state index contributed by atoms with van der Waals surface area (Å²) in [6, 6.07) is 16.2. The Morgan fingerprint density at radius 2 is 1.52 bits per heavy atom. The van der Waals surface area contributed by atoms with E-state index in [1.165, 1.54) is 41.3 Å². The fraction of sp³-hybridized carbons (Fsp3) is 0.136. The van der Waals surface area contributed by atoms with Gasteiger partial charge in [-0.15, -0.1) is 0 Å². The number of hydrogen-bond donors (Lipinski definition) is 0. The Morgan fingerprint density at radius 1 is 0.871 bits per heavy atom. The molecule has 1 heterocycles. The molecule has 2 amide bonds. The Hall–Kier alpha value is -3.33. The number of aryl methyl sites for hydroxylation is 1. The van der Waals surface area contributed by atoms with Crippen LogP contribution in [0.2, 0.25) is 0 Å². The van der Waals surface area contributed by atoms with Crippen molar-refractivity contribution in [3.8, 4) is 0 Å². The van der Waals surface area contributed by atoms with Gasteiger partial charge in [-0.3, -0.25) is 4.90 Å². The number of para-hydroxylation sites is 2. The van der Waals surface area contributed by atoms with Gasteiger partial charge < -0.3 is 0 Å². The van der Waals surface area contributed by atoms with Crippen molar-refractivity contribution in [2.24, 2.45) is 0 Å². The van der Waals surface area contributed by atoms with Gasteiger partial charge >= 0.3 is 12.2 Å². The van der Waals surface area contributed by atoms with E-state index in [0.29, 0.717) is 9.87 Å². The number of nitrogens with zero attached hydrogens (tertiary/aromatic N) is 2. The van der Waals surface area contributed by atoms with Crippen LogP contribution in [0.4, 0.5) is 29.3 Å². The molecule has 0 atom stereocenters. The summed E-state index contributed by atoms with van der Waals surface area (Å²) in [6.45, 7) is 1.45. The second-order valence-electron chi connectivity index (χ2n) is 7.09. The molecule has 0 saturated heterocycles. The zero-order chi connectivity index (χ0) is 22.4. The van der Waals surface area contributed by atoms with E-state index < -0.39 is 27.8 Å². The third-order valence-electron chi connectivity index (χ3n) is 5.01. The Bertz CT molecular complexity index is 1270. The molecule has 9 heteroatoms. The van der Waals surface area contributed by atoms with E-state index in [2.05, 4.69) is 0 Å². The molecule has 0 unspecified atom stereocenters. The highest BCUT2D eigenvalue weighted by Gasteiger charge is 2.43. The lowest BCUT2D eigenvalue weighted by atomic mass is 10.1. The van der Waals surface area contributed by atoms with Gasteiger partial charge in [0.15, 0.2) is 0 Å². The molecule has 0 aliphatic carbocycles. The van der Waals surface area contributed by atoms with Crippen LogP contribution >= 0.6 is 0 Å². The monoisotopic (exact) mass is 446 g/mol. The highest BCUT2D eigenvalue weighted by Crippen LogP contribution is 2.39. The summed E-state index contributed by atoms with van der Waals surface area (Å²) in [7, 11) is -4.20. The molecule has 1 aliphatic rings. The zero-order valence-corrected chi connectivity index (χ0v) is 17.1. The standard InChI is InChI=1S/C22H17F3N2O3S/c1-15-7-2-3-10-18(15)27-21(28)26(19-11-4-5-12-20(19)31(27,29)30)14-16-8-6-9-17(13-16)22(23,24)25/h2-13H,14H2,1H3. The number of sulfonamides is 1. The van der Waals surface area contributed by atoms with E-state index in [1.54, 1.807) is 31.2 Å². The Labute approximate surface area is 177 Å². The Kier molecular flexibility index (Phi) is 5.01. The number of urea groups is 1. The van der Waals surface area contributed by atoms with Crippen LogP contribution < -0.4 is 9.21 Å². The van der Waals surface area contributed by atoms with E-state index in [9.17, 15) is 26.4 Å². The molecule has 0 spiro atoms. The largest absolute Gasteiger partial charge is 0.416 e. The van der Waals surface area contributed by atoms with Gasteiger partial charge in [0.2, 0.25) is 0 Å². The number of benzene rings is 3. The van der Waals surface area contributed by atoms with Crippen LogP contribution in [0, 0.1) is 6.92 Å². The van der Waals surface area contributed by atoms with Crippen molar-refractivity contribution in [2.45, 2.75) is 24.5 Å².